The van der Waals surface area contributed by atoms with E-state index in [2.05, 4.69) is 0 Å². The quantitative estimate of drug-likeness (QED) is 0.387. The van der Waals surface area contributed by atoms with E-state index in [1.807, 2.05) is 39.8 Å². The van der Waals surface area contributed by atoms with E-state index >= 15 is 0 Å². The second-order valence-electron chi connectivity index (χ2n) is 8.31. The van der Waals surface area contributed by atoms with Crippen molar-refractivity contribution in [1.29, 1.82) is 0 Å². The highest BCUT2D eigenvalue weighted by atomic mass is 16.5. The van der Waals surface area contributed by atoms with Gasteiger partial charge in [0.1, 0.15) is 28.9 Å². The molecular formula is C25H28O6. The van der Waals surface area contributed by atoms with E-state index in [1.54, 1.807) is 6.07 Å². The van der Waals surface area contributed by atoms with Gasteiger partial charge in [-0.05, 0) is 58.2 Å². The number of hydrogen-bond acceptors (Lipinski definition) is 6. The Morgan fingerprint density at radius 3 is 2.13 bits per heavy atom. The molecule has 1 heterocycles. The van der Waals surface area contributed by atoms with Crippen molar-refractivity contribution in [3.05, 3.63) is 63.8 Å². The van der Waals surface area contributed by atoms with Crippen molar-refractivity contribution >= 4 is 5.78 Å². The molecule has 164 valence electrons. The molecular weight excluding hydrogens is 396 g/mol. The monoisotopic (exact) mass is 424 g/mol. The van der Waals surface area contributed by atoms with Crippen molar-refractivity contribution in [2.24, 2.45) is 0 Å². The molecule has 0 saturated carbocycles. The van der Waals surface area contributed by atoms with Crippen LogP contribution in [-0.2, 0) is 12.8 Å². The smallest absolute Gasteiger partial charge is 0.174 e. The fourth-order valence-corrected chi connectivity index (χ4v) is 3.58. The standard InChI is InChI=1S/C25H28O6/c1-13(2)5-8-16-23(29)17(9-6-14(3)4)25-22(24(16)30)20(28)12-21(31-25)15-7-10-18(26)19(27)11-15/h5-7,10-11,21,26-27,29-30H,8-9,12H2,1-4H3. The number of carbonyl (C=O) groups excluding carboxylic acids is 1. The SMILES string of the molecule is CC(C)=CCc1c(O)c(CC=C(C)C)c2c(c1O)C(=O)CC(c1ccc(O)c(O)c1)O2. The number of fused-ring (bicyclic) bond motifs is 1. The molecule has 0 amide bonds. The Morgan fingerprint density at radius 1 is 0.935 bits per heavy atom. The minimum absolute atomic E-state index is 0.0419. The van der Waals surface area contributed by atoms with Gasteiger partial charge in [-0.25, -0.2) is 0 Å². The number of ether oxygens (including phenoxy) is 1. The zero-order valence-electron chi connectivity index (χ0n) is 18.2. The molecule has 1 unspecified atom stereocenters. The summed E-state index contributed by atoms with van der Waals surface area (Å²) in [5.41, 5.74) is 3.38. The molecule has 4 N–H and O–H groups in total. The van der Waals surface area contributed by atoms with Crippen LogP contribution in [0.25, 0.3) is 0 Å². The van der Waals surface area contributed by atoms with Gasteiger partial charge in [0.15, 0.2) is 17.3 Å². The first-order valence-electron chi connectivity index (χ1n) is 10.2. The molecule has 0 bridgehead atoms. The van der Waals surface area contributed by atoms with E-state index in [4.69, 9.17) is 4.74 Å². The summed E-state index contributed by atoms with van der Waals surface area (Å²) in [6.45, 7) is 7.70. The number of aromatic hydroxyl groups is 4. The minimum Gasteiger partial charge on any atom is -0.507 e. The summed E-state index contributed by atoms with van der Waals surface area (Å²) in [4.78, 5) is 13.1. The van der Waals surface area contributed by atoms with Gasteiger partial charge in [-0.3, -0.25) is 4.79 Å². The van der Waals surface area contributed by atoms with E-state index in [-0.39, 0.29) is 52.9 Å². The Kier molecular flexibility index (Phi) is 6.29. The number of rotatable bonds is 5. The predicted molar refractivity (Wildman–Crippen MR) is 118 cm³/mol. The normalized spacial score (nSPS) is 15.1. The number of carbonyl (C=O) groups is 1. The molecule has 1 aliphatic heterocycles. The van der Waals surface area contributed by atoms with Gasteiger partial charge in [0.05, 0.1) is 6.42 Å². The number of hydrogen-bond donors (Lipinski definition) is 4. The fourth-order valence-electron chi connectivity index (χ4n) is 3.58. The van der Waals surface area contributed by atoms with Crippen molar-refractivity contribution < 1.29 is 30.0 Å². The molecule has 2 aromatic carbocycles. The molecule has 1 aliphatic rings. The van der Waals surface area contributed by atoms with Crippen LogP contribution in [0.15, 0.2) is 41.5 Å². The van der Waals surface area contributed by atoms with Crippen molar-refractivity contribution in [3.63, 3.8) is 0 Å². The van der Waals surface area contributed by atoms with E-state index in [0.29, 0.717) is 23.1 Å². The third-order valence-corrected chi connectivity index (χ3v) is 5.31. The minimum atomic E-state index is -0.723. The van der Waals surface area contributed by atoms with Crippen LogP contribution in [0.1, 0.15) is 67.3 Å². The maximum atomic E-state index is 13.1. The second-order valence-corrected chi connectivity index (χ2v) is 8.31. The predicted octanol–water partition coefficient (Wildman–Crippen LogP) is 5.23. The highest BCUT2D eigenvalue weighted by molar-refractivity contribution is 6.04. The number of Topliss-reactive ketones (excluding diaryl/α,β-unsaturated/α-hetero) is 1. The van der Waals surface area contributed by atoms with Crippen molar-refractivity contribution in [2.75, 3.05) is 0 Å². The van der Waals surface area contributed by atoms with Gasteiger partial charge >= 0.3 is 0 Å². The van der Waals surface area contributed by atoms with E-state index < -0.39 is 6.10 Å². The van der Waals surface area contributed by atoms with Crippen LogP contribution in [0.4, 0.5) is 0 Å². The lowest BCUT2D eigenvalue weighted by atomic mass is 9.89. The Labute approximate surface area is 181 Å². The van der Waals surface area contributed by atoms with Crippen LogP contribution in [-0.4, -0.2) is 26.2 Å². The maximum absolute atomic E-state index is 13.1. The molecule has 6 nitrogen and oxygen atoms in total. The van der Waals surface area contributed by atoms with Crippen LogP contribution in [0, 0.1) is 0 Å². The Bertz CT molecular complexity index is 1090. The summed E-state index contributed by atoms with van der Waals surface area (Å²) in [6.07, 6.45) is 3.65. The van der Waals surface area contributed by atoms with Crippen LogP contribution in [0.5, 0.6) is 28.7 Å². The summed E-state index contributed by atoms with van der Waals surface area (Å²) in [5.74, 6) is -1.09. The molecule has 1 atom stereocenters. The van der Waals surface area contributed by atoms with Crippen LogP contribution in [0.2, 0.25) is 0 Å². The number of phenols is 4. The van der Waals surface area contributed by atoms with Crippen LogP contribution < -0.4 is 4.74 Å². The molecule has 0 saturated heterocycles. The molecule has 6 heteroatoms. The van der Waals surface area contributed by atoms with Gasteiger partial charge in [-0.2, -0.15) is 0 Å². The summed E-state index contributed by atoms with van der Waals surface area (Å²) < 4.78 is 6.11. The van der Waals surface area contributed by atoms with E-state index in [1.165, 1.54) is 12.1 Å². The summed E-state index contributed by atoms with van der Waals surface area (Å²) >= 11 is 0. The fraction of sp³-hybridized carbons (Fsp3) is 0.320. The molecule has 0 radical (unpaired) electrons. The highest BCUT2D eigenvalue weighted by Gasteiger charge is 2.35. The van der Waals surface area contributed by atoms with Crippen LogP contribution >= 0.6 is 0 Å². The van der Waals surface area contributed by atoms with Gasteiger partial charge in [-0.15, -0.1) is 0 Å². The summed E-state index contributed by atoms with van der Waals surface area (Å²) in [6, 6.07) is 4.24. The topological polar surface area (TPSA) is 107 Å². The van der Waals surface area contributed by atoms with Crippen molar-refractivity contribution in [3.8, 4) is 28.7 Å². The Balaban J connectivity index is 2.16. The third kappa shape index (κ3) is 4.53. The highest BCUT2D eigenvalue weighted by Crippen LogP contribution is 2.49. The lowest BCUT2D eigenvalue weighted by Crippen LogP contribution is -2.22. The number of benzene rings is 2. The number of allylic oxidation sites excluding steroid dienone is 4. The zero-order chi connectivity index (χ0) is 22.9. The van der Waals surface area contributed by atoms with Gasteiger partial charge in [0.2, 0.25) is 0 Å². The second kappa shape index (κ2) is 8.76. The average Bonchev–Trinajstić information content (AvgIpc) is 2.68. The van der Waals surface area contributed by atoms with Crippen molar-refractivity contribution in [1.82, 2.24) is 0 Å². The largest absolute Gasteiger partial charge is 0.507 e. The molecule has 0 fully saturated rings. The first-order valence-corrected chi connectivity index (χ1v) is 10.2. The number of ketones is 1. The summed E-state index contributed by atoms with van der Waals surface area (Å²) in [7, 11) is 0. The first-order chi connectivity index (χ1) is 14.6. The maximum Gasteiger partial charge on any atom is 0.174 e. The molecule has 0 aliphatic carbocycles. The lowest BCUT2D eigenvalue weighted by molar-refractivity contribution is 0.0841. The first kappa shape index (κ1) is 22.3. The number of phenolic OH excluding ortho intramolecular Hbond substituents is 4. The third-order valence-electron chi connectivity index (χ3n) is 5.31. The molecule has 3 rings (SSSR count). The van der Waals surface area contributed by atoms with Gasteiger partial charge in [-0.1, -0.05) is 29.4 Å². The van der Waals surface area contributed by atoms with E-state index in [9.17, 15) is 25.2 Å². The van der Waals surface area contributed by atoms with Gasteiger partial charge in [0, 0.05) is 11.1 Å². The molecule has 31 heavy (non-hydrogen) atoms. The van der Waals surface area contributed by atoms with Gasteiger partial charge in [0.25, 0.3) is 0 Å². The molecule has 2 aromatic rings. The Morgan fingerprint density at radius 2 is 1.55 bits per heavy atom. The average molecular weight is 424 g/mol. The molecule has 0 aromatic heterocycles. The zero-order valence-corrected chi connectivity index (χ0v) is 18.2. The van der Waals surface area contributed by atoms with Crippen molar-refractivity contribution in [2.45, 2.75) is 53.1 Å². The summed E-state index contributed by atoms with van der Waals surface area (Å²) in [5, 5.41) is 41.3. The molecule has 0 spiro atoms. The van der Waals surface area contributed by atoms with Crippen LogP contribution in [0.3, 0.4) is 0 Å². The van der Waals surface area contributed by atoms with E-state index in [0.717, 1.165) is 11.1 Å². The Hall–Kier alpha value is -3.41. The lowest BCUT2D eigenvalue weighted by Gasteiger charge is -2.29. The van der Waals surface area contributed by atoms with Gasteiger partial charge < -0.3 is 25.2 Å².